The number of hydrogen-bond acceptors (Lipinski definition) is 5. The fourth-order valence-electron chi connectivity index (χ4n) is 2.19. The fraction of sp³-hybridized carbons (Fsp3) is 0.188. The summed E-state index contributed by atoms with van der Waals surface area (Å²) in [7, 11) is -3.68. The number of carbonyl (C=O) groups excluding carboxylic acids is 1. The van der Waals surface area contributed by atoms with Crippen LogP contribution in [0.3, 0.4) is 0 Å². The van der Waals surface area contributed by atoms with Gasteiger partial charge in [0, 0.05) is 29.7 Å². The molecule has 0 atom stereocenters. The maximum absolute atomic E-state index is 12.1. The first kappa shape index (κ1) is 17.5. The SMILES string of the molecule is O=C(CCNS(=O)(=O)c1ccc(Cl)cc1)Nc1ccc2c(c1)OCO2. The van der Waals surface area contributed by atoms with E-state index >= 15 is 0 Å². The molecule has 0 saturated carbocycles. The van der Waals surface area contributed by atoms with Gasteiger partial charge in [-0.2, -0.15) is 0 Å². The van der Waals surface area contributed by atoms with Crippen molar-refractivity contribution in [1.82, 2.24) is 4.72 Å². The number of amides is 1. The highest BCUT2D eigenvalue weighted by Gasteiger charge is 2.16. The van der Waals surface area contributed by atoms with E-state index < -0.39 is 10.0 Å². The highest BCUT2D eigenvalue weighted by atomic mass is 35.5. The van der Waals surface area contributed by atoms with Crippen molar-refractivity contribution in [3.05, 3.63) is 47.5 Å². The van der Waals surface area contributed by atoms with Crippen molar-refractivity contribution < 1.29 is 22.7 Å². The number of ether oxygens (including phenoxy) is 2. The van der Waals surface area contributed by atoms with Gasteiger partial charge in [0.1, 0.15) is 0 Å². The predicted molar refractivity (Wildman–Crippen MR) is 92.5 cm³/mol. The number of benzene rings is 2. The zero-order chi connectivity index (χ0) is 17.9. The Labute approximate surface area is 149 Å². The predicted octanol–water partition coefficient (Wildman–Crippen LogP) is 2.38. The van der Waals surface area contributed by atoms with Crippen LogP contribution in [0.25, 0.3) is 0 Å². The molecule has 1 aliphatic heterocycles. The van der Waals surface area contributed by atoms with Gasteiger partial charge in [0.05, 0.1) is 4.90 Å². The summed E-state index contributed by atoms with van der Waals surface area (Å²) in [6, 6.07) is 10.8. The molecule has 1 heterocycles. The van der Waals surface area contributed by atoms with E-state index in [1.165, 1.54) is 24.3 Å². The number of fused-ring (bicyclic) bond motifs is 1. The summed E-state index contributed by atoms with van der Waals surface area (Å²) in [6.45, 7) is 0.126. The fourth-order valence-corrected chi connectivity index (χ4v) is 3.35. The number of rotatable bonds is 6. The molecule has 2 aromatic rings. The monoisotopic (exact) mass is 382 g/mol. The minimum Gasteiger partial charge on any atom is -0.454 e. The lowest BCUT2D eigenvalue weighted by atomic mass is 10.2. The molecule has 0 aliphatic carbocycles. The van der Waals surface area contributed by atoms with Gasteiger partial charge in [-0.1, -0.05) is 11.6 Å². The Bertz CT molecular complexity index is 884. The summed E-state index contributed by atoms with van der Waals surface area (Å²) in [6.07, 6.45) is -0.0126. The van der Waals surface area contributed by atoms with E-state index in [1.807, 2.05) is 0 Å². The molecule has 1 amide bonds. The Kier molecular flexibility index (Phi) is 5.12. The van der Waals surface area contributed by atoms with E-state index in [4.69, 9.17) is 21.1 Å². The average molecular weight is 383 g/mol. The molecule has 2 N–H and O–H groups in total. The molecule has 132 valence electrons. The van der Waals surface area contributed by atoms with Crippen molar-refractivity contribution in [3.63, 3.8) is 0 Å². The number of anilines is 1. The Morgan fingerprint density at radius 2 is 1.80 bits per heavy atom. The molecule has 25 heavy (non-hydrogen) atoms. The molecule has 0 spiro atoms. The first-order chi connectivity index (χ1) is 11.9. The summed E-state index contributed by atoms with van der Waals surface area (Å²) in [5.74, 6) is 0.854. The van der Waals surface area contributed by atoms with Gasteiger partial charge in [0.15, 0.2) is 11.5 Å². The van der Waals surface area contributed by atoms with E-state index in [0.717, 1.165) is 0 Å². The molecule has 7 nitrogen and oxygen atoms in total. The summed E-state index contributed by atoms with van der Waals surface area (Å²) in [4.78, 5) is 12.0. The zero-order valence-electron chi connectivity index (χ0n) is 13.0. The molecule has 0 bridgehead atoms. The van der Waals surface area contributed by atoms with Crippen molar-refractivity contribution in [1.29, 1.82) is 0 Å². The second-order valence-electron chi connectivity index (χ2n) is 5.22. The lowest BCUT2D eigenvalue weighted by Gasteiger charge is -2.08. The van der Waals surface area contributed by atoms with Crippen molar-refractivity contribution in [3.8, 4) is 11.5 Å². The van der Waals surface area contributed by atoms with Crippen LogP contribution in [0.5, 0.6) is 11.5 Å². The maximum Gasteiger partial charge on any atom is 0.240 e. The van der Waals surface area contributed by atoms with Crippen LogP contribution in [0.2, 0.25) is 5.02 Å². The number of halogens is 1. The standard InChI is InChI=1S/C16H15ClN2O5S/c17-11-1-4-13(5-2-11)25(21,22)18-8-7-16(20)19-12-3-6-14-15(9-12)24-10-23-14/h1-6,9,18H,7-8,10H2,(H,19,20). The van der Waals surface area contributed by atoms with E-state index in [1.54, 1.807) is 18.2 Å². The van der Waals surface area contributed by atoms with Crippen LogP contribution < -0.4 is 19.5 Å². The van der Waals surface area contributed by atoms with Crippen molar-refractivity contribution in [2.75, 3.05) is 18.7 Å². The van der Waals surface area contributed by atoms with Crippen molar-refractivity contribution >= 4 is 33.2 Å². The molecule has 0 aromatic heterocycles. The second-order valence-corrected chi connectivity index (χ2v) is 7.42. The highest BCUT2D eigenvalue weighted by molar-refractivity contribution is 7.89. The highest BCUT2D eigenvalue weighted by Crippen LogP contribution is 2.34. The molecular weight excluding hydrogens is 368 g/mol. The van der Waals surface area contributed by atoms with Crippen LogP contribution in [-0.2, 0) is 14.8 Å². The van der Waals surface area contributed by atoms with E-state index in [0.29, 0.717) is 22.2 Å². The smallest absolute Gasteiger partial charge is 0.240 e. The van der Waals surface area contributed by atoms with Crippen molar-refractivity contribution in [2.24, 2.45) is 0 Å². The Morgan fingerprint density at radius 1 is 1.08 bits per heavy atom. The first-order valence-electron chi connectivity index (χ1n) is 7.39. The minimum atomic E-state index is -3.68. The Morgan fingerprint density at radius 3 is 2.56 bits per heavy atom. The lowest BCUT2D eigenvalue weighted by molar-refractivity contribution is -0.116. The van der Waals surface area contributed by atoms with Crippen LogP contribution in [0, 0.1) is 0 Å². The van der Waals surface area contributed by atoms with Crippen LogP contribution >= 0.6 is 11.6 Å². The van der Waals surface area contributed by atoms with Gasteiger partial charge in [0.2, 0.25) is 22.7 Å². The zero-order valence-corrected chi connectivity index (χ0v) is 14.6. The summed E-state index contributed by atoms with van der Waals surface area (Å²) in [5.41, 5.74) is 0.551. The van der Waals surface area contributed by atoms with Crippen LogP contribution in [-0.4, -0.2) is 27.7 Å². The molecule has 3 rings (SSSR count). The number of nitrogens with one attached hydrogen (secondary N) is 2. The topological polar surface area (TPSA) is 93.7 Å². The minimum absolute atomic E-state index is 0.0126. The molecule has 0 saturated heterocycles. The van der Waals surface area contributed by atoms with Gasteiger partial charge in [-0.25, -0.2) is 13.1 Å². The molecule has 0 unspecified atom stereocenters. The van der Waals surface area contributed by atoms with Crippen molar-refractivity contribution in [2.45, 2.75) is 11.3 Å². The molecule has 0 radical (unpaired) electrons. The molecule has 1 aliphatic rings. The summed E-state index contributed by atoms with van der Waals surface area (Å²) >= 11 is 5.74. The Hall–Kier alpha value is -2.29. The molecule has 2 aromatic carbocycles. The van der Waals surface area contributed by atoms with Crippen LogP contribution in [0.15, 0.2) is 47.4 Å². The number of carbonyl (C=O) groups is 1. The van der Waals surface area contributed by atoms with Crippen LogP contribution in [0.1, 0.15) is 6.42 Å². The van der Waals surface area contributed by atoms with Gasteiger partial charge in [-0.15, -0.1) is 0 Å². The van der Waals surface area contributed by atoms with Gasteiger partial charge in [-0.05, 0) is 36.4 Å². The molecule has 9 heteroatoms. The number of sulfonamides is 1. The largest absolute Gasteiger partial charge is 0.454 e. The van der Waals surface area contributed by atoms with Gasteiger partial charge < -0.3 is 14.8 Å². The third-order valence-corrected chi connectivity index (χ3v) is 5.15. The van der Waals surface area contributed by atoms with E-state index in [9.17, 15) is 13.2 Å². The van der Waals surface area contributed by atoms with E-state index in [-0.39, 0.29) is 30.6 Å². The number of hydrogen-bond donors (Lipinski definition) is 2. The van der Waals surface area contributed by atoms with Crippen LogP contribution in [0.4, 0.5) is 5.69 Å². The second kappa shape index (κ2) is 7.30. The first-order valence-corrected chi connectivity index (χ1v) is 9.25. The quantitative estimate of drug-likeness (QED) is 0.800. The van der Waals surface area contributed by atoms with Gasteiger partial charge in [-0.3, -0.25) is 4.79 Å². The normalized spacial score (nSPS) is 12.8. The van der Waals surface area contributed by atoms with Gasteiger partial charge >= 0.3 is 0 Å². The van der Waals surface area contributed by atoms with E-state index in [2.05, 4.69) is 10.0 Å². The molecular formula is C16H15ClN2O5S. The lowest BCUT2D eigenvalue weighted by Crippen LogP contribution is -2.27. The average Bonchev–Trinajstić information content (AvgIpc) is 3.02. The third kappa shape index (κ3) is 4.41. The summed E-state index contributed by atoms with van der Waals surface area (Å²) in [5, 5.41) is 3.12. The maximum atomic E-state index is 12.1. The summed E-state index contributed by atoms with van der Waals surface area (Å²) < 4.78 is 37.0. The third-order valence-electron chi connectivity index (χ3n) is 3.42. The molecule has 0 fully saturated rings. The van der Waals surface area contributed by atoms with Gasteiger partial charge in [0.25, 0.3) is 0 Å². The Balaban J connectivity index is 1.51.